The number of rotatable bonds is 5. The third-order valence-electron chi connectivity index (χ3n) is 5.23. The minimum atomic E-state index is -0.294. The summed E-state index contributed by atoms with van der Waals surface area (Å²) in [7, 11) is 2.22. The van der Waals surface area contributed by atoms with E-state index in [-0.39, 0.29) is 11.9 Å². The molecule has 2 rings (SSSR count). The molecule has 2 saturated heterocycles. The second-order valence-corrected chi connectivity index (χ2v) is 7.68. The lowest BCUT2D eigenvalue weighted by Crippen LogP contribution is -2.48. The number of hydrogen-bond donors (Lipinski definition) is 1. The summed E-state index contributed by atoms with van der Waals surface area (Å²) in [5.74, 6) is 2.85. The van der Waals surface area contributed by atoms with E-state index < -0.39 is 0 Å². The molecule has 2 aliphatic rings. The van der Waals surface area contributed by atoms with E-state index in [1.165, 1.54) is 38.8 Å². The Morgan fingerprint density at radius 3 is 2.19 bits per heavy atom. The highest BCUT2D eigenvalue weighted by Crippen LogP contribution is 2.32. The van der Waals surface area contributed by atoms with E-state index in [4.69, 9.17) is 5.73 Å². The van der Waals surface area contributed by atoms with Gasteiger partial charge < -0.3 is 15.5 Å². The van der Waals surface area contributed by atoms with Gasteiger partial charge in [-0.05, 0) is 76.1 Å². The normalized spacial score (nSPS) is 24.2. The van der Waals surface area contributed by atoms with Gasteiger partial charge in [-0.3, -0.25) is 4.79 Å². The molecule has 2 N–H and O–H groups in total. The number of amides is 1. The van der Waals surface area contributed by atoms with Crippen molar-refractivity contribution in [3.63, 3.8) is 0 Å². The molecule has 0 aliphatic carbocycles. The molecular weight excluding hydrogens is 282 g/mol. The number of thioether (sulfide) groups is 1. The van der Waals surface area contributed by atoms with Crippen molar-refractivity contribution in [3.8, 4) is 0 Å². The van der Waals surface area contributed by atoms with Crippen LogP contribution in [-0.2, 0) is 4.79 Å². The second-order valence-electron chi connectivity index (χ2n) is 6.69. The lowest BCUT2D eigenvalue weighted by atomic mass is 9.79. The van der Waals surface area contributed by atoms with Crippen LogP contribution in [0.2, 0.25) is 0 Å². The first-order valence-electron chi connectivity index (χ1n) is 8.33. The van der Waals surface area contributed by atoms with Gasteiger partial charge in [0.2, 0.25) is 5.91 Å². The quantitative estimate of drug-likeness (QED) is 0.838. The SMILES string of the molecule is CSCC[C@@H](N)C(=O)N1CCC(C2CCN(C)CC2)CC1. The van der Waals surface area contributed by atoms with Gasteiger partial charge in [-0.2, -0.15) is 11.8 Å². The third-order valence-corrected chi connectivity index (χ3v) is 5.88. The largest absolute Gasteiger partial charge is 0.341 e. The van der Waals surface area contributed by atoms with E-state index in [1.807, 2.05) is 4.90 Å². The number of likely N-dealkylation sites (tertiary alicyclic amines) is 2. The Kier molecular flexibility index (Phi) is 6.83. The average molecular weight is 314 g/mol. The summed E-state index contributed by atoms with van der Waals surface area (Å²) < 4.78 is 0. The van der Waals surface area contributed by atoms with Crippen LogP contribution in [0, 0.1) is 11.8 Å². The van der Waals surface area contributed by atoms with Crippen molar-refractivity contribution >= 4 is 17.7 Å². The number of hydrogen-bond acceptors (Lipinski definition) is 4. The summed E-state index contributed by atoms with van der Waals surface area (Å²) in [6, 6.07) is -0.294. The summed E-state index contributed by atoms with van der Waals surface area (Å²) in [6.45, 7) is 4.32. The maximum atomic E-state index is 12.3. The number of nitrogens with zero attached hydrogens (tertiary/aromatic N) is 2. The number of nitrogens with two attached hydrogens (primary N) is 1. The molecule has 0 spiro atoms. The Bertz CT molecular complexity index is 323. The molecule has 1 atom stereocenters. The van der Waals surface area contributed by atoms with Gasteiger partial charge in [0.15, 0.2) is 0 Å². The maximum Gasteiger partial charge on any atom is 0.239 e. The van der Waals surface area contributed by atoms with Crippen LogP contribution in [-0.4, -0.2) is 67.0 Å². The van der Waals surface area contributed by atoms with Crippen LogP contribution < -0.4 is 5.73 Å². The van der Waals surface area contributed by atoms with Crippen LogP contribution in [0.3, 0.4) is 0 Å². The summed E-state index contributed by atoms with van der Waals surface area (Å²) in [4.78, 5) is 16.8. The molecule has 2 aliphatic heterocycles. The topological polar surface area (TPSA) is 49.6 Å². The first kappa shape index (κ1) is 17.1. The summed E-state index contributed by atoms with van der Waals surface area (Å²) >= 11 is 1.76. The van der Waals surface area contributed by atoms with E-state index in [2.05, 4.69) is 18.2 Å². The predicted molar refractivity (Wildman–Crippen MR) is 90.5 cm³/mol. The Labute approximate surface area is 133 Å². The van der Waals surface area contributed by atoms with E-state index in [1.54, 1.807) is 11.8 Å². The molecule has 4 nitrogen and oxygen atoms in total. The summed E-state index contributed by atoms with van der Waals surface area (Å²) in [5, 5.41) is 0. The van der Waals surface area contributed by atoms with Gasteiger partial charge >= 0.3 is 0 Å². The van der Waals surface area contributed by atoms with Gasteiger partial charge in [-0.25, -0.2) is 0 Å². The van der Waals surface area contributed by atoms with Crippen molar-refractivity contribution in [3.05, 3.63) is 0 Å². The number of piperidine rings is 2. The highest BCUT2D eigenvalue weighted by atomic mass is 32.2. The van der Waals surface area contributed by atoms with E-state index in [9.17, 15) is 4.79 Å². The van der Waals surface area contributed by atoms with Crippen LogP contribution in [0.25, 0.3) is 0 Å². The minimum Gasteiger partial charge on any atom is -0.341 e. The monoisotopic (exact) mass is 313 g/mol. The highest BCUT2D eigenvalue weighted by molar-refractivity contribution is 7.98. The van der Waals surface area contributed by atoms with Gasteiger partial charge in [0.1, 0.15) is 0 Å². The molecule has 0 bridgehead atoms. The molecule has 122 valence electrons. The average Bonchev–Trinajstić information content (AvgIpc) is 2.53. The Morgan fingerprint density at radius 1 is 1.14 bits per heavy atom. The van der Waals surface area contributed by atoms with Crippen molar-refractivity contribution < 1.29 is 4.79 Å². The molecular formula is C16H31N3OS. The van der Waals surface area contributed by atoms with Crippen molar-refractivity contribution in [1.82, 2.24) is 9.80 Å². The molecule has 0 unspecified atom stereocenters. The first-order valence-corrected chi connectivity index (χ1v) is 9.73. The first-order chi connectivity index (χ1) is 10.1. The van der Waals surface area contributed by atoms with E-state index >= 15 is 0 Å². The smallest absolute Gasteiger partial charge is 0.239 e. The van der Waals surface area contributed by atoms with Gasteiger partial charge in [0.05, 0.1) is 6.04 Å². The molecule has 0 aromatic heterocycles. The number of carbonyl (C=O) groups excluding carboxylic acids is 1. The van der Waals surface area contributed by atoms with Crippen molar-refractivity contribution in [2.45, 2.75) is 38.1 Å². The van der Waals surface area contributed by atoms with Crippen molar-refractivity contribution in [2.75, 3.05) is 45.2 Å². The molecule has 0 saturated carbocycles. The third kappa shape index (κ3) is 4.86. The van der Waals surface area contributed by atoms with Gasteiger partial charge in [0.25, 0.3) is 0 Å². The lowest BCUT2D eigenvalue weighted by Gasteiger charge is -2.40. The zero-order chi connectivity index (χ0) is 15.2. The molecule has 21 heavy (non-hydrogen) atoms. The van der Waals surface area contributed by atoms with Crippen molar-refractivity contribution in [1.29, 1.82) is 0 Å². The van der Waals surface area contributed by atoms with Crippen LogP contribution in [0.5, 0.6) is 0 Å². The standard InChI is InChI=1S/C16H31N3OS/c1-18-8-3-13(4-9-18)14-5-10-19(11-6-14)16(20)15(17)7-12-21-2/h13-15H,3-12,17H2,1-2H3/t15-/m1/s1. The molecule has 2 heterocycles. The second kappa shape index (κ2) is 8.39. The molecule has 0 aromatic carbocycles. The van der Waals surface area contributed by atoms with Gasteiger partial charge in [-0.1, -0.05) is 0 Å². The maximum absolute atomic E-state index is 12.3. The fourth-order valence-electron chi connectivity index (χ4n) is 3.69. The van der Waals surface area contributed by atoms with Crippen LogP contribution >= 0.6 is 11.8 Å². The highest BCUT2D eigenvalue weighted by Gasteiger charge is 2.31. The van der Waals surface area contributed by atoms with Crippen LogP contribution in [0.1, 0.15) is 32.1 Å². The minimum absolute atomic E-state index is 0.172. The molecule has 1 amide bonds. The molecule has 2 fully saturated rings. The molecule has 0 aromatic rings. The van der Waals surface area contributed by atoms with Crippen molar-refractivity contribution in [2.24, 2.45) is 17.6 Å². The molecule has 5 heteroatoms. The number of carbonyl (C=O) groups is 1. The van der Waals surface area contributed by atoms with E-state index in [0.717, 1.165) is 37.1 Å². The summed E-state index contributed by atoms with van der Waals surface area (Å²) in [6.07, 6.45) is 7.88. The Morgan fingerprint density at radius 2 is 1.67 bits per heavy atom. The summed E-state index contributed by atoms with van der Waals surface area (Å²) in [5.41, 5.74) is 6.02. The zero-order valence-electron chi connectivity index (χ0n) is 13.6. The fraction of sp³-hybridized carbons (Fsp3) is 0.938. The van der Waals surface area contributed by atoms with Gasteiger partial charge in [-0.15, -0.1) is 0 Å². The zero-order valence-corrected chi connectivity index (χ0v) is 14.4. The van der Waals surface area contributed by atoms with Crippen LogP contribution in [0.15, 0.2) is 0 Å². The predicted octanol–water partition coefficient (Wildman–Crippen LogP) is 1.65. The van der Waals surface area contributed by atoms with E-state index in [0.29, 0.717) is 0 Å². The lowest BCUT2D eigenvalue weighted by molar-refractivity contribution is -0.134. The molecule has 0 radical (unpaired) electrons. The Hall–Kier alpha value is -0.260. The van der Waals surface area contributed by atoms with Gasteiger partial charge in [0, 0.05) is 13.1 Å². The van der Waals surface area contributed by atoms with Crippen LogP contribution in [0.4, 0.5) is 0 Å². The fourth-order valence-corrected chi connectivity index (χ4v) is 4.18. The Balaban J connectivity index is 1.73.